The molecule has 2 nitrogen and oxygen atoms in total. The smallest absolute Gasteiger partial charge is 0.154 e. The van der Waals surface area contributed by atoms with E-state index in [1.54, 1.807) is 29.3 Å². The molecule has 17 heavy (non-hydrogen) atoms. The van der Waals surface area contributed by atoms with E-state index in [1.165, 1.54) is 0 Å². The number of thiazole rings is 1. The molecule has 0 fully saturated rings. The Hall–Kier alpha value is -0.550. The van der Waals surface area contributed by atoms with E-state index >= 15 is 0 Å². The largest absolute Gasteiger partial charge is 0.328 e. The minimum atomic E-state index is 0.130. The molecular formula is C12H13ClN2S2. The van der Waals surface area contributed by atoms with Gasteiger partial charge in [-0.2, -0.15) is 0 Å². The highest BCUT2D eigenvalue weighted by Crippen LogP contribution is 2.32. The monoisotopic (exact) mass is 284 g/mol. The highest BCUT2D eigenvalue weighted by Gasteiger charge is 2.06. The summed E-state index contributed by atoms with van der Waals surface area (Å²) in [4.78, 5) is 5.34. The molecule has 1 aromatic heterocycles. The molecule has 0 bridgehead atoms. The average molecular weight is 285 g/mol. The second-order valence-corrected chi connectivity index (χ2v) is 6.46. The first-order chi connectivity index (χ1) is 8.15. The van der Waals surface area contributed by atoms with Crippen molar-refractivity contribution in [2.75, 3.05) is 0 Å². The van der Waals surface area contributed by atoms with Gasteiger partial charge in [-0.15, -0.1) is 11.3 Å². The van der Waals surface area contributed by atoms with E-state index in [0.717, 1.165) is 26.2 Å². The Morgan fingerprint density at radius 3 is 2.94 bits per heavy atom. The molecule has 90 valence electrons. The Morgan fingerprint density at radius 1 is 1.53 bits per heavy atom. The summed E-state index contributed by atoms with van der Waals surface area (Å²) in [5.74, 6) is 0. The Kier molecular flexibility index (Phi) is 4.45. The topological polar surface area (TPSA) is 38.9 Å². The van der Waals surface area contributed by atoms with E-state index < -0.39 is 0 Å². The van der Waals surface area contributed by atoms with Gasteiger partial charge in [0, 0.05) is 27.5 Å². The number of benzene rings is 1. The summed E-state index contributed by atoms with van der Waals surface area (Å²) in [5, 5.41) is 2.75. The quantitative estimate of drug-likeness (QED) is 0.927. The van der Waals surface area contributed by atoms with Crippen molar-refractivity contribution >= 4 is 34.7 Å². The minimum Gasteiger partial charge on any atom is -0.328 e. The van der Waals surface area contributed by atoms with Crippen LogP contribution in [0.1, 0.15) is 12.5 Å². The maximum atomic E-state index is 6.23. The summed E-state index contributed by atoms with van der Waals surface area (Å²) in [6.07, 6.45) is 2.61. The van der Waals surface area contributed by atoms with Crippen LogP contribution in [0, 0.1) is 0 Å². The van der Waals surface area contributed by atoms with Gasteiger partial charge in [0.05, 0.1) is 0 Å². The van der Waals surface area contributed by atoms with Crippen LogP contribution < -0.4 is 5.73 Å². The van der Waals surface area contributed by atoms with Crippen molar-refractivity contribution in [2.45, 2.75) is 28.6 Å². The third-order valence-corrected chi connectivity index (χ3v) is 4.41. The molecule has 0 aliphatic carbocycles. The third kappa shape index (κ3) is 3.71. The van der Waals surface area contributed by atoms with E-state index in [2.05, 4.69) is 11.1 Å². The van der Waals surface area contributed by atoms with E-state index in [0.29, 0.717) is 0 Å². The average Bonchev–Trinajstić information content (AvgIpc) is 2.74. The highest BCUT2D eigenvalue weighted by atomic mass is 35.5. The van der Waals surface area contributed by atoms with Gasteiger partial charge in [-0.1, -0.05) is 29.4 Å². The zero-order chi connectivity index (χ0) is 12.3. The molecule has 1 aromatic carbocycles. The fourth-order valence-electron chi connectivity index (χ4n) is 1.47. The van der Waals surface area contributed by atoms with Crippen LogP contribution in [0.15, 0.2) is 39.0 Å². The summed E-state index contributed by atoms with van der Waals surface area (Å²) >= 11 is 9.48. The van der Waals surface area contributed by atoms with Crippen LogP contribution >= 0.6 is 34.7 Å². The first-order valence-corrected chi connectivity index (χ1v) is 7.34. The number of aromatic nitrogens is 1. The molecule has 2 aromatic rings. The highest BCUT2D eigenvalue weighted by molar-refractivity contribution is 8.01. The maximum Gasteiger partial charge on any atom is 0.154 e. The molecular weight excluding hydrogens is 272 g/mol. The van der Waals surface area contributed by atoms with Crippen LogP contribution in [0.3, 0.4) is 0 Å². The number of nitrogens with zero attached hydrogens (tertiary/aromatic N) is 1. The predicted molar refractivity (Wildman–Crippen MR) is 75.0 cm³/mol. The van der Waals surface area contributed by atoms with E-state index in [-0.39, 0.29) is 6.04 Å². The van der Waals surface area contributed by atoms with Crippen LogP contribution in [-0.2, 0) is 6.42 Å². The molecule has 2 rings (SSSR count). The molecule has 0 spiro atoms. The van der Waals surface area contributed by atoms with Crippen LogP contribution in [0.5, 0.6) is 0 Å². The summed E-state index contributed by atoms with van der Waals surface area (Å²) < 4.78 is 1.03. The van der Waals surface area contributed by atoms with Crippen molar-refractivity contribution in [1.29, 1.82) is 0 Å². The Morgan fingerprint density at radius 2 is 2.35 bits per heavy atom. The lowest BCUT2D eigenvalue weighted by atomic mass is 10.1. The molecule has 1 atom stereocenters. The van der Waals surface area contributed by atoms with Crippen molar-refractivity contribution in [3.63, 3.8) is 0 Å². The molecule has 0 amide bonds. The molecule has 1 heterocycles. The van der Waals surface area contributed by atoms with Gasteiger partial charge in [-0.25, -0.2) is 4.98 Å². The Balaban J connectivity index is 2.13. The van der Waals surface area contributed by atoms with E-state index in [9.17, 15) is 0 Å². The number of nitrogens with two attached hydrogens (primary N) is 1. The summed E-state index contributed by atoms with van der Waals surface area (Å²) in [6, 6.07) is 6.22. The van der Waals surface area contributed by atoms with Gasteiger partial charge < -0.3 is 5.73 Å². The van der Waals surface area contributed by atoms with Crippen molar-refractivity contribution in [3.8, 4) is 0 Å². The van der Waals surface area contributed by atoms with Gasteiger partial charge >= 0.3 is 0 Å². The predicted octanol–water partition coefficient (Wildman–Crippen LogP) is 3.84. The van der Waals surface area contributed by atoms with Crippen LogP contribution in [0.25, 0.3) is 0 Å². The third-order valence-electron chi connectivity index (χ3n) is 2.18. The van der Waals surface area contributed by atoms with Gasteiger partial charge in [-0.3, -0.25) is 0 Å². The standard InChI is InChI=1S/C12H13ClN2S2/c1-8(14)6-9-2-3-10(7-11(9)13)17-12-15-4-5-16-12/h2-5,7-8H,6,14H2,1H3. The summed E-state index contributed by atoms with van der Waals surface area (Å²) in [5.41, 5.74) is 6.87. The minimum absolute atomic E-state index is 0.130. The van der Waals surface area contributed by atoms with Crippen LogP contribution in [0.2, 0.25) is 5.02 Å². The summed E-state index contributed by atoms with van der Waals surface area (Å²) in [6.45, 7) is 1.98. The maximum absolute atomic E-state index is 6.23. The van der Waals surface area contributed by atoms with E-state index in [1.807, 2.05) is 24.4 Å². The van der Waals surface area contributed by atoms with Crippen LogP contribution in [0.4, 0.5) is 0 Å². The van der Waals surface area contributed by atoms with Gasteiger partial charge in [0.2, 0.25) is 0 Å². The van der Waals surface area contributed by atoms with Crippen molar-refractivity contribution in [1.82, 2.24) is 4.98 Å². The first-order valence-electron chi connectivity index (χ1n) is 5.26. The molecule has 2 N–H and O–H groups in total. The fourth-order valence-corrected chi connectivity index (χ4v) is 3.42. The molecule has 0 saturated carbocycles. The van der Waals surface area contributed by atoms with Crippen LogP contribution in [-0.4, -0.2) is 11.0 Å². The molecule has 0 saturated heterocycles. The normalized spacial score (nSPS) is 12.6. The lowest BCUT2D eigenvalue weighted by Gasteiger charge is -2.08. The van der Waals surface area contributed by atoms with Gasteiger partial charge in [-0.05, 0) is 31.0 Å². The Labute approximate surface area is 114 Å². The second kappa shape index (κ2) is 5.87. The van der Waals surface area contributed by atoms with Crippen molar-refractivity contribution < 1.29 is 0 Å². The number of rotatable bonds is 4. The number of hydrogen-bond donors (Lipinski definition) is 1. The van der Waals surface area contributed by atoms with Gasteiger partial charge in [0.1, 0.15) is 0 Å². The van der Waals surface area contributed by atoms with Crippen molar-refractivity contribution in [2.24, 2.45) is 5.73 Å². The second-order valence-electron chi connectivity index (χ2n) is 3.83. The lowest BCUT2D eigenvalue weighted by Crippen LogP contribution is -2.17. The fraction of sp³-hybridized carbons (Fsp3) is 0.250. The van der Waals surface area contributed by atoms with Gasteiger partial charge in [0.15, 0.2) is 4.34 Å². The lowest BCUT2D eigenvalue weighted by molar-refractivity contribution is 0.738. The first kappa shape index (κ1) is 12.9. The molecule has 0 aliphatic rings. The molecule has 1 unspecified atom stereocenters. The van der Waals surface area contributed by atoms with Crippen molar-refractivity contribution in [3.05, 3.63) is 40.4 Å². The number of halogens is 1. The molecule has 0 radical (unpaired) electrons. The SMILES string of the molecule is CC(N)Cc1ccc(Sc2nccs2)cc1Cl. The Bertz CT molecular complexity index is 483. The zero-order valence-electron chi connectivity index (χ0n) is 9.39. The summed E-state index contributed by atoms with van der Waals surface area (Å²) in [7, 11) is 0. The van der Waals surface area contributed by atoms with Gasteiger partial charge in [0.25, 0.3) is 0 Å². The molecule has 5 heteroatoms. The van der Waals surface area contributed by atoms with E-state index in [4.69, 9.17) is 17.3 Å². The molecule has 0 aliphatic heterocycles. The number of hydrogen-bond acceptors (Lipinski definition) is 4. The zero-order valence-corrected chi connectivity index (χ0v) is 11.8.